The van der Waals surface area contributed by atoms with Gasteiger partial charge in [0.05, 0.1) is 0 Å². The van der Waals surface area contributed by atoms with E-state index in [-0.39, 0.29) is 0 Å². The Labute approximate surface area is 281 Å². The van der Waals surface area contributed by atoms with Crippen molar-refractivity contribution >= 4 is 52.8 Å². The van der Waals surface area contributed by atoms with Crippen molar-refractivity contribution in [2.45, 2.75) is 0 Å². The molecule has 0 atom stereocenters. The van der Waals surface area contributed by atoms with E-state index in [1.165, 1.54) is 17.6 Å². The van der Waals surface area contributed by atoms with Crippen LogP contribution >= 0.6 is 0 Å². The third-order valence-corrected chi connectivity index (χ3v) is 19.3. The predicted molar refractivity (Wildman–Crippen MR) is 198 cm³/mol. The van der Waals surface area contributed by atoms with Gasteiger partial charge in [-0.15, -0.1) is 0 Å². The summed E-state index contributed by atoms with van der Waals surface area (Å²) >= 11 is -3.47. The first-order valence-corrected chi connectivity index (χ1v) is 20.1. The molecule has 8 rings (SSSR count). The van der Waals surface area contributed by atoms with Crippen molar-refractivity contribution in [3.05, 3.63) is 181 Å². The monoisotopic (exact) mass is 674 g/mol. The molecule has 1 heterocycles. The molecule has 3 nitrogen and oxygen atoms in total. The molecule has 0 unspecified atom stereocenters. The Morgan fingerprint density at radius 3 is 1.31 bits per heavy atom. The molecule has 48 heavy (non-hydrogen) atoms. The summed E-state index contributed by atoms with van der Waals surface area (Å²) in [4.78, 5) is 0. The van der Waals surface area contributed by atoms with Crippen LogP contribution in [0.5, 0.6) is 0 Å². The molecular weight excluding hydrogens is 645 g/mol. The number of benzene rings is 7. The van der Waals surface area contributed by atoms with E-state index in [9.17, 15) is 10.5 Å². The molecule has 0 N–H and O–H groups in total. The number of hydrogen-bond donors (Lipinski definition) is 0. The summed E-state index contributed by atoms with van der Waals surface area (Å²) in [6.07, 6.45) is 0. The second-order valence-electron chi connectivity index (χ2n) is 11.9. The van der Waals surface area contributed by atoms with Crippen LogP contribution in [0.15, 0.2) is 174 Å². The van der Waals surface area contributed by atoms with E-state index in [4.69, 9.17) is 4.42 Å². The summed E-state index contributed by atoms with van der Waals surface area (Å²) in [5.41, 5.74) is 6.18. The molecule has 0 radical (unpaired) electrons. The molecular formula is C44H28GeN2O. The fourth-order valence-electron chi connectivity index (χ4n) is 7.17. The molecule has 1 aromatic heterocycles. The van der Waals surface area contributed by atoms with Crippen molar-refractivity contribution in [2.24, 2.45) is 0 Å². The molecule has 0 saturated heterocycles. The number of hydrogen-bond acceptors (Lipinski definition) is 3. The van der Waals surface area contributed by atoms with Crippen LogP contribution in [0.4, 0.5) is 0 Å². The van der Waals surface area contributed by atoms with Gasteiger partial charge in [0.25, 0.3) is 0 Å². The van der Waals surface area contributed by atoms with Crippen molar-refractivity contribution in [1.29, 1.82) is 10.5 Å². The van der Waals surface area contributed by atoms with Gasteiger partial charge < -0.3 is 0 Å². The Morgan fingerprint density at radius 1 is 0.396 bits per heavy atom. The summed E-state index contributed by atoms with van der Waals surface area (Å²) in [6.45, 7) is 0. The Balaban J connectivity index is 1.37. The maximum atomic E-state index is 9.64. The molecule has 8 aromatic rings. The number of nitrogens with zero attached hydrogens (tertiary/aromatic N) is 2. The Kier molecular flexibility index (Phi) is 7.46. The second kappa shape index (κ2) is 12.2. The van der Waals surface area contributed by atoms with Gasteiger partial charge in [-0.2, -0.15) is 10.5 Å². The van der Waals surface area contributed by atoms with Crippen LogP contribution in [-0.4, -0.2) is 13.3 Å². The van der Waals surface area contributed by atoms with E-state index >= 15 is 0 Å². The molecule has 0 spiro atoms. The fourth-order valence-corrected chi connectivity index (χ4v) is 17.2. The average molecular weight is 673 g/mol. The van der Waals surface area contributed by atoms with Crippen LogP contribution in [0.2, 0.25) is 0 Å². The third-order valence-electron chi connectivity index (χ3n) is 9.25. The van der Waals surface area contributed by atoms with E-state index in [1.807, 2.05) is 24.3 Å². The Hall–Kier alpha value is -6.14. The van der Waals surface area contributed by atoms with Gasteiger partial charge in [-0.25, -0.2) is 0 Å². The third kappa shape index (κ3) is 4.81. The summed E-state index contributed by atoms with van der Waals surface area (Å²) in [5.74, 6) is 0. The number of fused-ring (bicyclic) bond motifs is 3. The van der Waals surface area contributed by atoms with Gasteiger partial charge in [0, 0.05) is 0 Å². The van der Waals surface area contributed by atoms with Gasteiger partial charge in [0.2, 0.25) is 0 Å². The molecule has 0 fully saturated rings. The van der Waals surface area contributed by atoms with Crippen LogP contribution in [0, 0.1) is 22.7 Å². The van der Waals surface area contributed by atoms with E-state index in [0.29, 0.717) is 11.1 Å². The summed E-state index contributed by atoms with van der Waals surface area (Å²) in [5, 5.41) is 21.3. The topological polar surface area (TPSA) is 60.7 Å². The number of nitriles is 2. The van der Waals surface area contributed by atoms with Gasteiger partial charge in [0.15, 0.2) is 0 Å². The maximum absolute atomic E-state index is 9.64. The fraction of sp³-hybridized carbons (Fsp3) is 0. The van der Waals surface area contributed by atoms with Crippen LogP contribution in [0.3, 0.4) is 0 Å². The second-order valence-corrected chi connectivity index (χ2v) is 19.9. The number of para-hydroxylation sites is 2. The van der Waals surface area contributed by atoms with Crippen molar-refractivity contribution in [1.82, 2.24) is 0 Å². The SMILES string of the molecule is N#Cc1cc(C#N)cc(-c2cccc3c2oc2c(-c4ccc[c]([Ge]([c]5ccccc5)([c]5ccccc5)[c]5ccccc5)c4)cccc23)c1. The normalized spacial score (nSPS) is 11.3. The van der Waals surface area contributed by atoms with Crippen molar-refractivity contribution in [3.8, 4) is 34.4 Å². The molecule has 0 bridgehead atoms. The molecule has 0 saturated carbocycles. The Bertz CT molecular complexity index is 2400. The first kappa shape index (κ1) is 29.3. The molecule has 4 heteroatoms. The van der Waals surface area contributed by atoms with E-state index < -0.39 is 13.3 Å². The molecule has 224 valence electrons. The van der Waals surface area contributed by atoms with Crippen LogP contribution in [0.25, 0.3) is 44.2 Å². The molecule has 0 amide bonds. The van der Waals surface area contributed by atoms with Crippen molar-refractivity contribution in [2.75, 3.05) is 0 Å². The van der Waals surface area contributed by atoms with E-state index in [0.717, 1.165) is 44.2 Å². The minimum absolute atomic E-state index is 0.444. The summed E-state index contributed by atoms with van der Waals surface area (Å²) < 4.78 is 12.2. The first-order valence-electron chi connectivity index (χ1n) is 15.9. The molecule has 7 aromatic carbocycles. The van der Waals surface area contributed by atoms with Gasteiger partial charge in [-0.05, 0) is 0 Å². The summed E-state index contributed by atoms with van der Waals surface area (Å²) in [7, 11) is 0. The summed E-state index contributed by atoms with van der Waals surface area (Å²) in [6, 6.07) is 64.1. The van der Waals surface area contributed by atoms with Crippen molar-refractivity contribution < 1.29 is 4.42 Å². The standard InChI is InChI=1S/C44H28GeN2O/c46-29-31-25-32(30-47)27-34(26-31)40-22-12-24-42-41-23-11-21-39(43(41)48-44(40)42)33-13-10-20-38(28-33)45(35-14-4-1-5-15-35,36-16-6-2-7-17-36)37-18-8-3-9-19-37/h1-28H. The van der Waals surface area contributed by atoms with E-state index in [2.05, 4.69) is 152 Å². The van der Waals surface area contributed by atoms with Crippen LogP contribution < -0.4 is 17.6 Å². The molecule has 0 aliphatic carbocycles. The van der Waals surface area contributed by atoms with Crippen LogP contribution in [-0.2, 0) is 0 Å². The van der Waals surface area contributed by atoms with Crippen molar-refractivity contribution in [3.63, 3.8) is 0 Å². The zero-order chi connectivity index (χ0) is 32.5. The zero-order valence-corrected chi connectivity index (χ0v) is 28.1. The van der Waals surface area contributed by atoms with Gasteiger partial charge in [-0.1, -0.05) is 0 Å². The number of furan rings is 1. The predicted octanol–water partition coefficient (Wildman–Crippen LogP) is 8.04. The number of rotatable bonds is 6. The molecule has 0 aliphatic rings. The molecule has 0 aliphatic heterocycles. The van der Waals surface area contributed by atoms with Crippen LogP contribution in [0.1, 0.15) is 11.1 Å². The van der Waals surface area contributed by atoms with Gasteiger partial charge in [0.1, 0.15) is 0 Å². The Morgan fingerprint density at radius 2 is 0.833 bits per heavy atom. The van der Waals surface area contributed by atoms with E-state index in [1.54, 1.807) is 6.07 Å². The quantitative estimate of drug-likeness (QED) is 0.168. The first-order chi connectivity index (χ1) is 23.7. The minimum atomic E-state index is -3.47. The van der Waals surface area contributed by atoms with Gasteiger partial charge in [-0.3, -0.25) is 0 Å². The average Bonchev–Trinajstić information content (AvgIpc) is 3.56. The zero-order valence-electron chi connectivity index (χ0n) is 26.0. The van der Waals surface area contributed by atoms with Gasteiger partial charge >= 0.3 is 273 Å².